The standard InChI is InChI=1S/C16H25NO3/c1-18-13-8-12(9-14(10-13)19-2)11-17-15-6-4-5-7-16(15)20-3/h8-10,15-17H,4-7,11H2,1-3H3/p+1/t15-,16-/m1/s1. The number of hydrogen-bond donors (Lipinski definition) is 1. The highest BCUT2D eigenvalue weighted by molar-refractivity contribution is 5.38. The molecule has 0 heterocycles. The molecular weight excluding hydrogens is 254 g/mol. The Balaban J connectivity index is 1.98. The van der Waals surface area contributed by atoms with Crippen molar-refractivity contribution >= 4 is 0 Å². The number of nitrogens with two attached hydrogens (primary N) is 1. The van der Waals surface area contributed by atoms with Crippen molar-refractivity contribution in [2.45, 2.75) is 44.4 Å². The van der Waals surface area contributed by atoms with Gasteiger partial charge < -0.3 is 19.5 Å². The molecule has 1 saturated carbocycles. The van der Waals surface area contributed by atoms with Gasteiger partial charge in [-0.3, -0.25) is 0 Å². The fraction of sp³-hybridized carbons (Fsp3) is 0.625. The van der Waals surface area contributed by atoms with E-state index >= 15 is 0 Å². The van der Waals surface area contributed by atoms with Gasteiger partial charge in [0.15, 0.2) is 0 Å². The second-order valence-corrected chi connectivity index (χ2v) is 5.38. The van der Waals surface area contributed by atoms with Gasteiger partial charge in [-0.25, -0.2) is 0 Å². The Kier molecular flexibility index (Phi) is 5.68. The van der Waals surface area contributed by atoms with E-state index in [4.69, 9.17) is 14.2 Å². The van der Waals surface area contributed by atoms with Crippen LogP contribution in [-0.4, -0.2) is 33.5 Å². The predicted molar refractivity (Wildman–Crippen MR) is 78.2 cm³/mol. The molecule has 1 aliphatic rings. The Labute approximate surface area is 121 Å². The summed E-state index contributed by atoms with van der Waals surface area (Å²) < 4.78 is 16.2. The molecule has 4 heteroatoms. The van der Waals surface area contributed by atoms with Crippen molar-refractivity contribution in [1.82, 2.24) is 0 Å². The first-order valence-electron chi connectivity index (χ1n) is 7.35. The maximum Gasteiger partial charge on any atom is 0.123 e. The third-order valence-electron chi connectivity index (χ3n) is 4.12. The zero-order chi connectivity index (χ0) is 14.4. The quantitative estimate of drug-likeness (QED) is 0.863. The number of methoxy groups -OCH3 is 3. The fourth-order valence-electron chi connectivity index (χ4n) is 2.96. The first-order valence-corrected chi connectivity index (χ1v) is 7.35. The van der Waals surface area contributed by atoms with Gasteiger partial charge in [-0.2, -0.15) is 0 Å². The lowest BCUT2D eigenvalue weighted by atomic mass is 9.92. The number of rotatable bonds is 6. The average Bonchev–Trinajstić information content (AvgIpc) is 2.52. The van der Waals surface area contributed by atoms with E-state index in [2.05, 4.69) is 17.4 Å². The molecule has 2 atom stereocenters. The van der Waals surface area contributed by atoms with Crippen LogP contribution in [0, 0.1) is 0 Å². The van der Waals surface area contributed by atoms with Crippen molar-refractivity contribution in [3.05, 3.63) is 23.8 Å². The van der Waals surface area contributed by atoms with Crippen molar-refractivity contribution in [1.29, 1.82) is 0 Å². The zero-order valence-electron chi connectivity index (χ0n) is 12.7. The van der Waals surface area contributed by atoms with Gasteiger partial charge in [0, 0.05) is 25.2 Å². The highest BCUT2D eigenvalue weighted by atomic mass is 16.5. The van der Waals surface area contributed by atoms with Crippen molar-refractivity contribution in [3.63, 3.8) is 0 Å². The summed E-state index contributed by atoms with van der Waals surface area (Å²) in [5.74, 6) is 1.69. The van der Waals surface area contributed by atoms with Gasteiger partial charge in [0.2, 0.25) is 0 Å². The SMILES string of the molecule is COc1cc(C[NH2+][C@@H]2CCCC[C@H]2OC)cc(OC)c1. The normalized spacial score (nSPS) is 22.6. The van der Waals surface area contributed by atoms with Gasteiger partial charge in [-0.15, -0.1) is 0 Å². The summed E-state index contributed by atoms with van der Waals surface area (Å²) in [5.41, 5.74) is 1.22. The summed E-state index contributed by atoms with van der Waals surface area (Å²) >= 11 is 0. The number of benzene rings is 1. The lowest BCUT2D eigenvalue weighted by Gasteiger charge is -2.28. The zero-order valence-corrected chi connectivity index (χ0v) is 12.7. The van der Waals surface area contributed by atoms with Crippen LogP contribution in [0.5, 0.6) is 11.5 Å². The van der Waals surface area contributed by atoms with E-state index < -0.39 is 0 Å². The molecule has 4 nitrogen and oxygen atoms in total. The average molecular weight is 280 g/mol. The van der Waals surface area contributed by atoms with Crippen LogP contribution in [0.25, 0.3) is 0 Å². The van der Waals surface area contributed by atoms with E-state index in [1.807, 2.05) is 13.2 Å². The van der Waals surface area contributed by atoms with Crippen molar-refractivity contribution in [2.24, 2.45) is 0 Å². The van der Waals surface area contributed by atoms with Crippen LogP contribution in [0.15, 0.2) is 18.2 Å². The first kappa shape index (κ1) is 15.1. The third-order valence-corrected chi connectivity index (χ3v) is 4.12. The Bertz CT molecular complexity index is 400. The lowest BCUT2D eigenvalue weighted by Crippen LogP contribution is -2.91. The maximum absolute atomic E-state index is 5.60. The van der Waals surface area contributed by atoms with E-state index in [9.17, 15) is 0 Å². The molecule has 2 N–H and O–H groups in total. The number of hydrogen-bond acceptors (Lipinski definition) is 3. The molecule has 0 spiro atoms. The van der Waals surface area contributed by atoms with Crippen molar-refractivity contribution in [3.8, 4) is 11.5 Å². The molecule has 0 amide bonds. The number of quaternary nitrogens is 1. The second kappa shape index (κ2) is 7.50. The molecule has 0 aromatic heterocycles. The van der Waals surface area contributed by atoms with Crippen LogP contribution in [-0.2, 0) is 11.3 Å². The highest BCUT2D eigenvalue weighted by Gasteiger charge is 2.27. The van der Waals surface area contributed by atoms with Crippen LogP contribution in [0.1, 0.15) is 31.2 Å². The summed E-state index contributed by atoms with van der Waals surface area (Å²) in [6.45, 7) is 0.929. The van der Waals surface area contributed by atoms with Crippen LogP contribution in [0.2, 0.25) is 0 Å². The van der Waals surface area contributed by atoms with Gasteiger partial charge in [0.25, 0.3) is 0 Å². The minimum Gasteiger partial charge on any atom is -0.497 e. The van der Waals surface area contributed by atoms with E-state index in [1.54, 1.807) is 14.2 Å². The molecule has 0 saturated heterocycles. The van der Waals surface area contributed by atoms with Crippen molar-refractivity contribution < 1.29 is 19.5 Å². The molecule has 2 rings (SSSR count). The smallest absolute Gasteiger partial charge is 0.123 e. The van der Waals surface area contributed by atoms with Gasteiger partial charge in [-0.1, -0.05) is 6.42 Å². The molecule has 1 aromatic rings. The number of ether oxygens (including phenoxy) is 3. The van der Waals surface area contributed by atoms with Gasteiger partial charge in [0.1, 0.15) is 30.2 Å². The second-order valence-electron chi connectivity index (χ2n) is 5.38. The predicted octanol–water partition coefficient (Wildman–Crippen LogP) is 1.72. The fourth-order valence-corrected chi connectivity index (χ4v) is 2.96. The monoisotopic (exact) mass is 280 g/mol. The molecule has 20 heavy (non-hydrogen) atoms. The van der Waals surface area contributed by atoms with Crippen LogP contribution in [0.4, 0.5) is 0 Å². The Morgan fingerprint density at radius 3 is 2.25 bits per heavy atom. The minimum atomic E-state index is 0.385. The molecule has 1 aliphatic carbocycles. The molecule has 0 bridgehead atoms. The van der Waals surface area contributed by atoms with Gasteiger partial charge in [0.05, 0.1) is 14.2 Å². The van der Waals surface area contributed by atoms with E-state index in [0.717, 1.165) is 18.0 Å². The summed E-state index contributed by atoms with van der Waals surface area (Å²) in [6, 6.07) is 6.61. The summed E-state index contributed by atoms with van der Waals surface area (Å²) in [7, 11) is 5.19. The Morgan fingerprint density at radius 1 is 1.00 bits per heavy atom. The summed E-state index contributed by atoms with van der Waals surface area (Å²) in [5, 5.41) is 2.39. The topological polar surface area (TPSA) is 44.3 Å². The minimum absolute atomic E-state index is 0.385. The molecule has 0 aliphatic heterocycles. The molecule has 0 radical (unpaired) electrons. The summed E-state index contributed by atoms with van der Waals surface area (Å²) in [6.07, 6.45) is 5.40. The van der Waals surface area contributed by atoms with Crippen molar-refractivity contribution in [2.75, 3.05) is 21.3 Å². The third kappa shape index (κ3) is 3.87. The maximum atomic E-state index is 5.60. The Hall–Kier alpha value is -1.26. The van der Waals surface area contributed by atoms with Gasteiger partial charge in [-0.05, 0) is 25.0 Å². The van der Waals surface area contributed by atoms with E-state index in [0.29, 0.717) is 12.1 Å². The van der Waals surface area contributed by atoms with E-state index in [1.165, 1.54) is 31.2 Å². The van der Waals surface area contributed by atoms with Crippen LogP contribution >= 0.6 is 0 Å². The van der Waals surface area contributed by atoms with Gasteiger partial charge >= 0.3 is 0 Å². The van der Waals surface area contributed by atoms with Crippen LogP contribution < -0.4 is 14.8 Å². The summed E-state index contributed by atoms with van der Waals surface area (Å²) in [4.78, 5) is 0. The first-order chi connectivity index (χ1) is 9.76. The molecule has 1 aromatic carbocycles. The molecule has 112 valence electrons. The molecular formula is C16H26NO3+. The van der Waals surface area contributed by atoms with E-state index in [-0.39, 0.29) is 0 Å². The highest BCUT2D eigenvalue weighted by Crippen LogP contribution is 2.22. The molecule has 1 fully saturated rings. The lowest BCUT2D eigenvalue weighted by molar-refractivity contribution is -0.713. The largest absolute Gasteiger partial charge is 0.497 e. The Morgan fingerprint density at radius 2 is 1.65 bits per heavy atom. The molecule has 0 unspecified atom stereocenters. The van der Waals surface area contributed by atoms with Crippen LogP contribution in [0.3, 0.4) is 0 Å².